The lowest BCUT2D eigenvalue weighted by Crippen LogP contribution is -2.35. The standard InChI is InChI=1S/C15H24N2O3S/c1-2-15(16)12-6-5-8-14(10-12)21(18,19)17-11-13-7-3-4-9-20-13/h5-6,8,10,13,15,17H,2-4,7,9,11,16H2,1H3. The summed E-state index contributed by atoms with van der Waals surface area (Å²) in [5, 5.41) is 0. The van der Waals surface area contributed by atoms with Gasteiger partial charge < -0.3 is 10.5 Å². The van der Waals surface area contributed by atoms with Crippen molar-refractivity contribution in [2.24, 2.45) is 5.73 Å². The van der Waals surface area contributed by atoms with E-state index in [9.17, 15) is 8.42 Å². The highest BCUT2D eigenvalue weighted by molar-refractivity contribution is 7.89. The van der Waals surface area contributed by atoms with Crippen LogP contribution in [0.25, 0.3) is 0 Å². The summed E-state index contributed by atoms with van der Waals surface area (Å²) in [5.74, 6) is 0. The minimum absolute atomic E-state index is 0.0189. The summed E-state index contributed by atoms with van der Waals surface area (Å²) in [7, 11) is -3.51. The Morgan fingerprint density at radius 3 is 2.90 bits per heavy atom. The van der Waals surface area contributed by atoms with Gasteiger partial charge in [-0.3, -0.25) is 0 Å². The van der Waals surface area contributed by atoms with Crippen molar-refractivity contribution in [3.05, 3.63) is 29.8 Å². The number of hydrogen-bond donors (Lipinski definition) is 2. The van der Waals surface area contributed by atoms with Crippen molar-refractivity contribution < 1.29 is 13.2 Å². The first-order valence-corrected chi connectivity index (χ1v) is 8.98. The third-order valence-electron chi connectivity index (χ3n) is 3.81. The number of nitrogens with two attached hydrogens (primary N) is 1. The maximum Gasteiger partial charge on any atom is 0.240 e. The molecule has 0 spiro atoms. The summed E-state index contributed by atoms with van der Waals surface area (Å²) in [6.07, 6.45) is 3.80. The molecule has 3 N–H and O–H groups in total. The van der Waals surface area contributed by atoms with Crippen LogP contribution in [0.15, 0.2) is 29.2 Å². The average molecular weight is 312 g/mol. The van der Waals surface area contributed by atoms with Gasteiger partial charge >= 0.3 is 0 Å². The van der Waals surface area contributed by atoms with E-state index in [1.54, 1.807) is 18.2 Å². The zero-order valence-corrected chi connectivity index (χ0v) is 13.2. The zero-order chi connectivity index (χ0) is 15.3. The number of rotatable bonds is 6. The second-order valence-corrected chi connectivity index (χ2v) is 7.19. The van der Waals surface area contributed by atoms with Gasteiger partial charge in [0, 0.05) is 19.2 Å². The zero-order valence-electron chi connectivity index (χ0n) is 12.4. The molecule has 1 aromatic carbocycles. The largest absolute Gasteiger partial charge is 0.377 e. The molecule has 0 aliphatic carbocycles. The first-order valence-electron chi connectivity index (χ1n) is 7.49. The highest BCUT2D eigenvalue weighted by atomic mass is 32.2. The normalized spacial score (nSPS) is 21.1. The van der Waals surface area contributed by atoms with Gasteiger partial charge in [-0.25, -0.2) is 13.1 Å². The van der Waals surface area contributed by atoms with E-state index in [4.69, 9.17) is 10.5 Å². The van der Waals surface area contributed by atoms with E-state index in [0.717, 1.165) is 31.2 Å². The fraction of sp³-hybridized carbons (Fsp3) is 0.600. The van der Waals surface area contributed by atoms with Crippen LogP contribution in [-0.4, -0.2) is 27.7 Å². The third-order valence-corrected chi connectivity index (χ3v) is 5.23. The monoisotopic (exact) mass is 312 g/mol. The van der Waals surface area contributed by atoms with Gasteiger partial charge in [-0.2, -0.15) is 0 Å². The van der Waals surface area contributed by atoms with Crippen LogP contribution in [0.5, 0.6) is 0 Å². The molecule has 2 unspecified atom stereocenters. The van der Waals surface area contributed by atoms with Crippen LogP contribution < -0.4 is 10.5 Å². The minimum atomic E-state index is -3.51. The molecule has 0 amide bonds. The molecule has 1 aromatic rings. The smallest absolute Gasteiger partial charge is 0.240 e. The van der Waals surface area contributed by atoms with Crippen molar-refractivity contribution in [3.63, 3.8) is 0 Å². The molecule has 2 rings (SSSR count). The van der Waals surface area contributed by atoms with Crippen LogP contribution in [0.4, 0.5) is 0 Å². The summed E-state index contributed by atoms with van der Waals surface area (Å²) >= 11 is 0. The summed E-state index contributed by atoms with van der Waals surface area (Å²) in [6, 6.07) is 6.70. The van der Waals surface area contributed by atoms with Crippen LogP contribution in [0.2, 0.25) is 0 Å². The molecule has 5 nitrogen and oxygen atoms in total. The highest BCUT2D eigenvalue weighted by Gasteiger charge is 2.19. The summed E-state index contributed by atoms with van der Waals surface area (Å²) in [5.41, 5.74) is 6.80. The summed E-state index contributed by atoms with van der Waals surface area (Å²) < 4.78 is 32.8. The molecule has 1 aliphatic heterocycles. The quantitative estimate of drug-likeness (QED) is 0.841. The molecule has 0 aromatic heterocycles. The van der Waals surface area contributed by atoms with Crippen LogP contribution in [0, 0.1) is 0 Å². The molecule has 0 radical (unpaired) electrons. The average Bonchev–Trinajstić information content (AvgIpc) is 2.53. The number of hydrogen-bond acceptors (Lipinski definition) is 4. The molecule has 6 heteroatoms. The Labute approximate surface area is 126 Å². The van der Waals surface area contributed by atoms with Crippen LogP contribution in [0.3, 0.4) is 0 Å². The summed E-state index contributed by atoms with van der Waals surface area (Å²) in [6.45, 7) is 3.02. The van der Waals surface area contributed by atoms with E-state index in [-0.39, 0.29) is 17.0 Å². The van der Waals surface area contributed by atoms with Gasteiger partial charge in [0.1, 0.15) is 0 Å². The Morgan fingerprint density at radius 1 is 1.43 bits per heavy atom. The Hall–Kier alpha value is -0.950. The van der Waals surface area contributed by atoms with E-state index in [1.165, 1.54) is 0 Å². The highest BCUT2D eigenvalue weighted by Crippen LogP contribution is 2.18. The lowest BCUT2D eigenvalue weighted by molar-refractivity contribution is 0.0200. The maximum absolute atomic E-state index is 12.3. The lowest BCUT2D eigenvalue weighted by Gasteiger charge is -2.22. The molecular weight excluding hydrogens is 288 g/mol. The van der Waals surface area contributed by atoms with Crippen LogP contribution in [-0.2, 0) is 14.8 Å². The molecule has 2 atom stereocenters. The minimum Gasteiger partial charge on any atom is -0.377 e. The Bertz CT molecular complexity index is 554. The van der Waals surface area contributed by atoms with E-state index < -0.39 is 10.0 Å². The molecule has 118 valence electrons. The number of benzene rings is 1. The van der Waals surface area contributed by atoms with E-state index >= 15 is 0 Å². The first kappa shape index (κ1) is 16.4. The molecule has 1 aliphatic rings. The molecule has 1 heterocycles. The molecule has 1 saturated heterocycles. The topological polar surface area (TPSA) is 81.4 Å². The third kappa shape index (κ3) is 4.51. The van der Waals surface area contributed by atoms with Crippen LogP contribution in [0.1, 0.15) is 44.2 Å². The van der Waals surface area contributed by atoms with Crippen molar-refractivity contribution in [1.82, 2.24) is 4.72 Å². The number of sulfonamides is 1. The van der Waals surface area contributed by atoms with Crippen molar-refractivity contribution in [2.45, 2.75) is 49.6 Å². The van der Waals surface area contributed by atoms with Gasteiger partial charge in [0.05, 0.1) is 11.0 Å². The Kier molecular flexibility index (Phi) is 5.75. The molecule has 21 heavy (non-hydrogen) atoms. The van der Waals surface area contributed by atoms with Crippen LogP contribution >= 0.6 is 0 Å². The number of ether oxygens (including phenoxy) is 1. The molecule has 0 saturated carbocycles. The van der Waals surface area contributed by atoms with Gasteiger partial charge in [0.25, 0.3) is 0 Å². The maximum atomic E-state index is 12.3. The fourth-order valence-corrected chi connectivity index (χ4v) is 3.52. The van der Waals surface area contributed by atoms with Crippen molar-refractivity contribution >= 4 is 10.0 Å². The van der Waals surface area contributed by atoms with Gasteiger partial charge in [-0.1, -0.05) is 19.1 Å². The fourth-order valence-electron chi connectivity index (χ4n) is 2.40. The van der Waals surface area contributed by atoms with E-state index in [0.29, 0.717) is 13.2 Å². The number of nitrogens with one attached hydrogen (secondary N) is 1. The predicted molar refractivity (Wildman–Crippen MR) is 82.4 cm³/mol. The van der Waals surface area contributed by atoms with Gasteiger partial charge in [-0.05, 0) is 43.4 Å². The van der Waals surface area contributed by atoms with E-state index in [1.807, 2.05) is 13.0 Å². The van der Waals surface area contributed by atoms with Gasteiger partial charge in [0.15, 0.2) is 0 Å². The second kappa shape index (κ2) is 7.35. The Balaban J connectivity index is 2.04. The van der Waals surface area contributed by atoms with Gasteiger partial charge in [-0.15, -0.1) is 0 Å². The first-order chi connectivity index (χ1) is 10.0. The van der Waals surface area contributed by atoms with Gasteiger partial charge in [0.2, 0.25) is 10.0 Å². The SMILES string of the molecule is CCC(N)c1cccc(S(=O)(=O)NCC2CCCCO2)c1. The van der Waals surface area contributed by atoms with Crippen molar-refractivity contribution in [2.75, 3.05) is 13.2 Å². The molecular formula is C15H24N2O3S. The molecule has 0 bridgehead atoms. The predicted octanol–water partition coefficient (Wildman–Crippen LogP) is 1.94. The Morgan fingerprint density at radius 2 is 2.24 bits per heavy atom. The van der Waals surface area contributed by atoms with E-state index in [2.05, 4.69) is 4.72 Å². The summed E-state index contributed by atoms with van der Waals surface area (Å²) in [4.78, 5) is 0.264. The van der Waals surface area contributed by atoms with Crippen molar-refractivity contribution in [1.29, 1.82) is 0 Å². The second-order valence-electron chi connectivity index (χ2n) is 5.43. The lowest BCUT2D eigenvalue weighted by atomic mass is 10.1. The van der Waals surface area contributed by atoms with Crippen molar-refractivity contribution in [3.8, 4) is 0 Å². The molecule has 1 fully saturated rings.